The van der Waals surface area contributed by atoms with Gasteiger partial charge in [0.2, 0.25) is 11.7 Å². The number of hydrogen-bond acceptors (Lipinski definition) is 5. The molecule has 3 N–H and O–H groups in total. The van der Waals surface area contributed by atoms with Crippen molar-refractivity contribution in [3.05, 3.63) is 30.3 Å². The Balaban J connectivity index is 0.00000200. The zero-order chi connectivity index (χ0) is 13.5. The molecule has 0 unspecified atom stereocenters. The smallest absolute Gasteiger partial charge is 0.243 e. The highest BCUT2D eigenvalue weighted by atomic mass is 35.5. The number of halogens is 1. The molecular formula is C12H17ClN6O. The zero-order valence-electron chi connectivity index (χ0n) is 10.9. The number of nitrogens with zero attached hydrogens (tertiary/aromatic N) is 4. The van der Waals surface area contributed by atoms with Gasteiger partial charge in [-0.2, -0.15) is 4.80 Å². The molecule has 1 heterocycles. The van der Waals surface area contributed by atoms with E-state index >= 15 is 0 Å². The van der Waals surface area contributed by atoms with Crippen LogP contribution < -0.4 is 11.1 Å². The maximum atomic E-state index is 11.6. The number of nitrogens with two attached hydrogens (primary N) is 1. The molecule has 108 valence electrons. The van der Waals surface area contributed by atoms with E-state index in [9.17, 15) is 4.79 Å². The summed E-state index contributed by atoms with van der Waals surface area (Å²) in [7, 11) is 0. The van der Waals surface area contributed by atoms with Crippen LogP contribution in [-0.4, -0.2) is 39.2 Å². The number of hydrogen-bond donors (Lipinski definition) is 2. The van der Waals surface area contributed by atoms with Crippen LogP contribution >= 0.6 is 12.4 Å². The molecule has 2 aromatic rings. The second kappa shape index (κ2) is 8.23. The summed E-state index contributed by atoms with van der Waals surface area (Å²) in [6.45, 7) is 1.18. The Morgan fingerprint density at radius 3 is 2.75 bits per heavy atom. The number of amides is 1. The first-order chi connectivity index (χ1) is 9.29. The summed E-state index contributed by atoms with van der Waals surface area (Å²) in [5.41, 5.74) is 6.22. The molecule has 0 saturated heterocycles. The van der Waals surface area contributed by atoms with Crippen LogP contribution in [0.5, 0.6) is 0 Å². The number of rotatable bonds is 6. The Kier molecular flexibility index (Phi) is 6.61. The maximum Gasteiger partial charge on any atom is 0.243 e. The van der Waals surface area contributed by atoms with Crippen LogP contribution in [0.3, 0.4) is 0 Å². The fourth-order valence-corrected chi connectivity index (χ4v) is 1.53. The van der Waals surface area contributed by atoms with Gasteiger partial charge in [-0.1, -0.05) is 30.3 Å². The minimum Gasteiger partial charge on any atom is -0.354 e. The lowest BCUT2D eigenvalue weighted by Gasteiger charge is -2.02. The van der Waals surface area contributed by atoms with Crippen molar-refractivity contribution in [1.29, 1.82) is 0 Å². The molecule has 0 fully saturated rings. The molecule has 1 amide bonds. The third kappa shape index (κ3) is 4.60. The van der Waals surface area contributed by atoms with Crippen molar-refractivity contribution in [3.63, 3.8) is 0 Å². The molecule has 0 spiro atoms. The molecule has 7 nitrogen and oxygen atoms in total. The minimum atomic E-state index is -0.148. The predicted octanol–water partition coefficient (Wildman–Crippen LogP) is 0.227. The zero-order valence-corrected chi connectivity index (χ0v) is 11.7. The fourth-order valence-electron chi connectivity index (χ4n) is 1.53. The first kappa shape index (κ1) is 16.1. The van der Waals surface area contributed by atoms with Gasteiger partial charge in [0.05, 0.1) is 0 Å². The molecule has 8 heteroatoms. The predicted molar refractivity (Wildman–Crippen MR) is 77.2 cm³/mol. The van der Waals surface area contributed by atoms with E-state index in [1.165, 1.54) is 4.80 Å². The monoisotopic (exact) mass is 296 g/mol. The summed E-state index contributed by atoms with van der Waals surface area (Å²) < 4.78 is 0. The molecular weight excluding hydrogens is 280 g/mol. The Bertz CT molecular complexity index is 530. The van der Waals surface area contributed by atoms with Crippen molar-refractivity contribution in [2.24, 2.45) is 5.73 Å². The molecule has 2 rings (SSSR count). The maximum absolute atomic E-state index is 11.6. The van der Waals surface area contributed by atoms with Crippen molar-refractivity contribution in [2.45, 2.75) is 13.0 Å². The third-order valence-electron chi connectivity index (χ3n) is 2.47. The summed E-state index contributed by atoms with van der Waals surface area (Å²) in [5, 5.41) is 14.7. The van der Waals surface area contributed by atoms with Crippen molar-refractivity contribution in [1.82, 2.24) is 25.5 Å². The van der Waals surface area contributed by atoms with Gasteiger partial charge in [-0.25, -0.2) is 0 Å². The second-order valence-corrected chi connectivity index (χ2v) is 4.00. The SMILES string of the molecule is Cl.NCCCNC(=O)Cn1nnc(-c2ccccc2)n1. The average molecular weight is 297 g/mol. The van der Waals surface area contributed by atoms with Gasteiger partial charge in [0, 0.05) is 12.1 Å². The van der Waals surface area contributed by atoms with Gasteiger partial charge in [0.1, 0.15) is 6.54 Å². The van der Waals surface area contributed by atoms with E-state index in [0.29, 0.717) is 18.9 Å². The van der Waals surface area contributed by atoms with Gasteiger partial charge in [-0.15, -0.1) is 22.6 Å². The third-order valence-corrected chi connectivity index (χ3v) is 2.47. The lowest BCUT2D eigenvalue weighted by Crippen LogP contribution is -2.30. The molecule has 0 aliphatic carbocycles. The van der Waals surface area contributed by atoms with Gasteiger partial charge in [0.15, 0.2) is 0 Å². The largest absolute Gasteiger partial charge is 0.354 e. The molecule has 1 aromatic carbocycles. The quantitative estimate of drug-likeness (QED) is 0.743. The first-order valence-electron chi connectivity index (χ1n) is 6.09. The molecule has 0 saturated carbocycles. The molecule has 1 aromatic heterocycles. The molecule has 0 radical (unpaired) electrons. The number of carbonyl (C=O) groups excluding carboxylic acids is 1. The van der Waals surface area contributed by atoms with E-state index in [4.69, 9.17) is 5.73 Å². The Morgan fingerprint density at radius 1 is 1.30 bits per heavy atom. The van der Waals surface area contributed by atoms with E-state index in [1.807, 2.05) is 30.3 Å². The average Bonchev–Trinajstić information content (AvgIpc) is 2.88. The van der Waals surface area contributed by atoms with Gasteiger partial charge in [-0.05, 0) is 18.2 Å². The first-order valence-corrected chi connectivity index (χ1v) is 6.09. The van der Waals surface area contributed by atoms with Crippen LogP contribution in [0.2, 0.25) is 0 Å². The summed E-state index contributed by atoms with van der Waals surface area (Å²) in [6.07, 6.45) is 0.756. The summed E-state index contributed by atoms with van der Waals surface area (Å²) in [5.74, 6) is 0.362. The van der Waals surface area contributed by atoms with Crippen molar-refractivity contribution in [3.8, 4) is 11.4 Å². The van der Waals surface area contributed by atoms with Gasteiger partial charge < -0.3 is 11.1 Å². The normalized spacial score (nSPS) is 9.85. The number of carbonyl (C=O) groups is 1. The van der Waals surface area contributed by atoms with E-state index < -0.39 is 0 Å². The van der Waals surface area contributed by atoms with Crippen LogP contribution in [0.1, 0.15) is 6.42 Å². The second-order valence-electron chi connectivity index (χ2n) is 4.00. The minimum absolute atomic E-state index is 0. The standard InChI is InChI=1S/C12H16N6O.ClH/c13-7-4-8-14-11(19)9-18-16-12(15-17-18)10-5-2-1-3-6-10;/h1-3,5-6H,4,7-9,13H2,(H,14,19);1H. The molecule has 0 atom stereocenters. The molecule has 0 aliphatic rings. The molecule has 0 bridgehead atoms. The summed E-state index contributed by atoms with van der Waals surface area (Å²) >= 11 is 0. The highest BCUT2D eigenvalue weighted by molar-refractivity contribution is 5.85. The van der Waals surface area contributed by atoms with Crippen LogP contribution in [0.4, 0.5) is 0 Å². The van der Waals surface area contributed by atoms with Crippen molar-refractivity contribution >= 4 is 18.3 Å². The van der Waals surface area contributed by atoms with Gasteiger partial charge >= 0.3 is 0 Å². The van der Waals surface area contributed by atoms with Crippen molar-refractivity contribution < 1.29 is 4.79 Å². The summed E-state index contributed by atoms with van der Waals surface area (Å²) in [4.78, 5) is 12.8. The highest BCUT2D eigenvalue weighted by Gasteiger charge is 2.08. The van der Waals surface area contributed by atoms with E-state index in [-0.39, 0.29) is 24.9 Å². The van der Waals surface area contributed by atoms with E-state index in [2.05, 4.69) is 20.7 Å². The Morgan fingerprint density at radius 2 is 2.05 bits per heavy atom. The van der Waals surface area contributed by atoms with Crippen LogP contribution in [0.15, 0.2) is 30.3 Å². The van der Waals surface area contributed by atoms with Crippen LogP contribution in [0.25, 0.3) is 11.4 Å². The summed E-state index contributed by atoms with van der Waals surface area (Å²) in [6, 6.07) is 9.50. The lowest BCUT2D eigenvalue weighted by molar-refractivity contribution is -0.122. The van der Waals surface area contributed by atoms with Crippen LogP contribution in [-0.2, 0) is 11.3 Å². The van der Waals surface area contributed by atoms with E-state index in [1.54, 1.807) is 0 Å². The van der Waals surface area contributed by atoms with Crippen molar-refractivity contribution in [2.75, 3.05) is 13.1 Å². The Hall–Kier alpha value is -1.99. The highest BCUT2D eigenvalue weighted by Crippen LogP contribution is 2.11. The molecule has 20 heavy (non-hydrogen) atoms. The molecule has 0 aliphatic heterocycles. The lowest BCUT2D eigenvalue weighted by atomic mass is 10.2. The number of nitrogens with one attached hydrogen (secondary N) is 1. The number of aromatic nitrogens is 4. The van der Waals surface area contributed by atoms with Crippen LogP contribution in [0, 0.1) is 0 Å². The van der Waals surface area contributed by atoms with Gasteiger partial charge in [0.25, 0.3) is 0 Å². The Labute approximate surface area is 123 Å². The van der Waals surface area contributed by atoms with Gasteiger partial charge in [-0.3, -0.25) is 4.79 Å². The topological polar surface area (TPSA) is 98.7 Å². The fraction of sp³-hybridized carbons (Fsp3) is 0.333. The number of benzene rings is 1. The van der Waals surface area contributed by atoms with E-state index in [0.717, 1.165) is 12.0 Å². The number of tetrazole rings is 1.